The molecule has 1 unspecified atom stereocenters. The minimum atomic E-state index is -0.633. The summed E-state index contributed by atoms with van der Waals surface area (Å²) in [5, 5.41) is 9.12. The Bertz CT molecular complexity index is 609. The monoisotopic (exact) mass is 302 g/mol. The van der Waals surface area contributed by atoms with Crippen molar-refractivity contribution in [2.24, 2.45) is 0 Å². The molecule has 3 rings (SSSR count). The number of aryl methyl sites for hydroxylation is 1. The Labute approximate surface area is 129 Å². The molecule has 1 heterocycles. The third kappa shape index (κ3) is 3.84. The van der Waals surface area contributed by atoms with Crippen LogP contribution in [0.25, 0.3) is 0 Å². The summed E-state index contributed by atoms with van der Waals surface area (Å²) < 4.78 is 24.5. The van der Waals surface area contributed by atoms with Crippen LogP contribution in [0.3, 0.4) is 0 Å². The fraction of sp³-hybridized carbons (Fsp3) is 0.333. The van der Waals surface area contributed by atoms with Gasteiger partial charge in [0.15, 0.2) is 6.29 Å². The summed E-state index contributed by atoms with van der Waals surface area (Å²) in [6, 6.07) is 14.5. The highest BCUT2D eigenvalue weighted by atomic mass is 19.1. The highest BCUT2D eigenvalue weighted by Crippen LogP contribution is 2.27. The molecule has 0 aliphatic carbocycles. The largest absolute Gasteiger partial charge is 0.489 e. The van der Waals surface area contributed by atoms with Crippen molar-refractivity contribution in [3.05, 3.63) is 65.5 Å². The molecule has 3 nitrogen and oxygen atoms in total. The van der Waals surface area contributed by atoms with Gasteiger partial charge in [0, 0.05) is 6.42 Å². The van der Waals surface area contributed by atoms with Crippen molar-refractivity contribution in [1.82, 2.24) is 0 Å². The van der Waals surface area contributed by atoms with Gasteiger partial charge in [-0.3, -0.25) is 0 Å². The fourth-order valence-corrected chi connectivity index (χ4v) is 2.56. The Kier molecular flexibility index (Phi) is 4.71. The molecule has 0 radical (unpaired) electrons. The quantitative estimate of drug-likeness (QED) is 0.888. The second-order valence-corrected chi connectivity index (χ2v) is 5.51. The fourth-order valence-electron chi connectivity index (χ4n) is 2.56. The summed E-state index contributed by atoms with van der Waals surface area (Å²) in [4.78, 5) is 0. The molecule has 1 aliphatic rings. The van der Waals surface area contributed by atoms with Crippen molar-refractivity contribution in [2.45, 2.75) is 38.3 Å². The van der Waals surface area contributed by atoms with Crippen molar-refractivity contribution in [3.63, 3.8) is 0 Å². The van der Waals surface area contributed by atoms with Gasteiger partial charge in [-0.15, -0.1) is 0 Å². The van der Waals surface area contributed by atoms with Gasteiger partial charge in [0.05, 0.1) is 6.10 Å². The second kappa shape index (κ2) is 6.90. The van der Waals surface area contributed by atoms with Gasteiger partial charge in [-0.25, -0.2) is 4.39 Å². The van der Waals surface area contributed by atoms with Gasteiger partial charge in [0.1, 0.15) is 18.2 Å². The lowest BCUT2D eigenvalue weighted by molar-refractivity contribution is -0.232. The lowest BCUT2D eigenvalue weighted by Crippen LogP contribution is -2.37. The van der Waals surface area contributed by atoms with Gasteiger partial charge < -0.3 is 14.6 Å². The van der Waals surface area contributed by atoms with Crippen LogP contribution >= 0.6 is 0 Å². The normalized spacial score (nSPS) is 20.5. The van der Waals surface area contributed by atoms with E-state index in [0.717, 1.165) is 17.5 Å². The highest BCUT2D eigenvalue weighted by Gasteiger charge is 2.27. The molecule has 0 bridgehead atoms. The summed E-state index contributed by atoms with van der Waals surface area (Å²) in [6.07, 6.45) is 1.49. The molecule has 1 N–H and O–H groups in total. The standard InChI is InChI=1S/C18H19FO3/c19-15-7-9-17(21-12-13-4-2-1-3-5-13)14(10-15)6-8-16-11-18(20)22-16/h1-5,7,9-10,16,18,20H,6,8,11-12H2/t16-,18?/m1/s1. The lowest BCUT2D eigenvalue weighted by atomic mass is 10.0. The zero-order valence-electron chi connectivity index (χ0n) is 12.2. The van der Waals surface area contributed by atoms with Crippen LogP contribution in [0.15, 0.2) is 48.5 Å². The van der Waals surface area contributed by atoms with Gasteiger partial charge in [0.2, 0.25) is 0 Å². The van der Waals surface area contributed by atoms with Crippen molar-refractivity contribution in [3.8, 4) is 5.75 Å². The number of aliphatic hydroxyl groups excluding tert-OH is 1. The summed E-state index contributed by atoms with van der Waals surface area (Å²) in [7, 11) is 0. The second-order valence-electron chi connectivity index (χ2n) is 5.51. The van der Waals surface area contributed by atoms with E-state index < -0.39 is 6.29 Å². The van der Waals surface area contributed by atoms with Crippen LogP contribution in [0.2, 0.25) is 0 Å². The Morgan fingerprint density at radius 2 is 1.95 bits per heavy atom. The number of benzene rings is 2. The zero-order valence-corrected chi connectivity index (χ0v) is 12.2. The summed E-state index contributed by atoms with van der Waals surface area (Å²) in [5.74, 6) is 0.432. The van der Waals surface area contributed by atoms with Crippen LogP contribution in [0, 0.1) is 5.82 Å². The van der Waals surface area contributed by atoms with Crippen LogP contribution in [-0.2, 0) is 17.8 Å². The van der Waals surface area contributed by atoms with Crippen LogP contribution in [0.1, 0.15) is 24.0 Å². The van der Waals surface area contributed by atoms with E-state index in [-0.39, 0.29) is 11.9 Å². The maximum absolute atomic E-state index is 13.5. The number of hydrogen-bond donors (Lipinski definition) is 1. The van der Waals surface area contributed by atoms with Gasteiger partial charge >= 0.3 is 0 Å². The van der Waals surface area contributed by atoms with E-state index in [1.54, 1.807) is 6.07 Å². The average molecular weight is 302 g/mol. The summed E-state index contributed by atoms with van der Waals surface area (Å²) >= 11 is 0. The number of hydrogen-bond acceptors (Lipinski definition) is 3. The van der Waals surface area contributed by atoms with Crippen LogP contribution < -0.4 is 4.74 Å². The number of halogens is 1. The molecule has 116 valence electrons. The smallest absolute Gasteiger partial charge is 0.157 e. The molecule has 1 saturated heterocycles. The van der Waals surface area contributed by atoms with Crippen molar-refractivity contribution < 1.29 is 19.0 Å². The topological polar surface area (TPSA) is 38.7 Å². The summed E-state index contributed by atoms with van der Waals surface area (Å²) in [5.41, 5.74) is 1.91. The Morgan fingerprint density at radius 1 is 1.18 bits per heavy atom. The minimum Gasteiger partial charge on any atom is -0.489 e. The van der Waals surface area contributed by atoms with E-state index in [0.29, 0.717) is 25.2 Å². The van der Waals surface area contributed by atoms with Crippen LogP contribution in [-0.4, -0.2) is 17.5 Å². The molecule has 0 spiro atoms. The third-order valence-corrected chi connectivity index (χ3v) is 3.81. The molecule has 0 amide bonds. The maximum atomic E-state index is 13.5. The molecular weight excluding hydrogens is 283 g/mol. The van der Waals surface area contributed by atoms with Gasteiger partial charge in [0.25, 0.3) is 0 Å². The molecule has 22 heavy (non-hydrogen) atoms. The molecule has 1 fully saturated rings. The minimum absolute atomic E-state index is 0.0558. The van der Waals surface area contributed by atoms with E-state index in [1.807, 2.05) is 30.3 Å². The van der Waals surface area contributed by atoms with E-state index in [1.165, 1.54) is 12.1 Å². The Morgan fingerprint density at radius 3 is 2.68 bits per heavy atom. The molecule has 4 heteroatoms. The van der Waals surface area contributed by atoms with E-state index in [4.69, 9.17) is 14.6 Å². The Balaban J connectivity index is 1.62. The van der Waals surface area contributed by atoms with Gasteiger partial charge in [-0.05, 0) is 42.2 Å². The number of ether oxygens (including phenoxy) is 2. The Hall–Kier alpha value is -1.91. The first-order valence-corrected chi connectivity index (χ1v) is 7.49. The lowest BCUT2D eigenvalue weighted by Gasteiger charge is -2.32. The first kappa shape index (κ1) is 15.0. The first-order valence-electron chi connectivity index (χ1n) is 7.49. The molecular formula is C18H19FO3. The van der Waals surface area contributed by atoms with Crippen molar-refractivity contribution in [1.29, 1.82) is 0 Å². The number of aliphatic hydroxyl groups is 1. The zero-order chi connectivity index (χ0) is 15.4. The van der Waals surface area contributed by atoms with Crippen LogP contribution in [0.4, 0.5) is 4.39 Å². The predicted molar refractivity (Wildman–Crippen MR) is 81.0 cm³/mol. The van der Waals surface area contributed by atoms with Crippen molar-refractivity contribution >= 4 is 0 Å². The first-order chi connectivity index (χ1) is 10.7. The highest BCUT2D eigenvalue weighted by molar-refractivity contribution is 5.34. The van der Waals surface area contributed by atoms with Crippen molar-refractivity contribution in [2.75, 3.05) is 0 Å². The van der Waals surface area contributed by atoms with E-state index in [2.05, 4.69) is 0 Å². The molecule has 2 aromatic rings. The summed E-state index contributed by atoms with van der Waals surface area (Å²) in [6.45, 7) is 0.456. The maximum Gasteiger partial charge on any atom is 0.157 e. The SMILES string of the molecule is OC1C[C@@H](CCc2cc(F)ccc2OCc2ccccc2)O1. The molecule has 0 saturated carbocycles. The van der Waals surface area contributed by atoms with E-state index in [9.17, 15) is 4.39 Å². The number of rotatable bonds is 6. The van der Waals surface area contributed by atoms with E-state index >= 15 is 0 Å². The predicted octanol–water partition coefficient (Wildman–Crippen LogP) is 3.44. The molecule has 1 aliphatic heterocycles. The molecule has 0 aromatic heterocycles. The van der Waals surface area contributed by atoms with Gasteiger partial charge in [-0.1, -0.05) is 30.3 Å². The van der Waals surface area contributed by atoms with Gasteiger partial charge in [-0.2, -0.15) is 0 Å². The average Bonchev–Trinajstić information content (AvgIpc) is 2.50. The third-order valence-electron chi connectivity index (χ3n) is 3.81. The van der Waals surface area contributed by atoms with Crippen LogP contribution in [0.5, 0.6) is 5.75 Å². The molecule has 2 aromatic carbocycles. The molecule has 2 atom stereocenters.